The van der Waals surface area contributed by atoms with Crippen molar-refractivity contribution >= 4 is 0 Å². The van der Waals surface area contributed by atoms with Crippen LogP contribution in [-0.2, 0) is 0 Å². The lowest BCUT2D eigenvalue weighted by Gasteiger charge is -2.30. The van der Waals surface area contributed by atoms with Gasteiger partial charge in [-0.25, -0.2) is 0 Å². The first kappa shape index (κ1) is 8.02. The Kier molecular flexibility index (Phi) is 2.69. The molecular weight excluding hydrogens is 126 g/mol. The van der Waals surface area contributed by atoms with Crippen molar-refractivity contribution in [2.24, 2.45) is 0 Å². The molecule has 0 saturated heterocycles. The molecule has 2 nitrogen and oxygen atoms in total. The van der Waals surface area contributed by atoms with E-state index in [0.717, 1.165) is 12.8 Å². The summed E-state index contributed by atoms with van der Waals surface area (Å²) >= 11 is 0. The molecular formula is C8H17NO. The van der Waals surface area contributed by atoms with E-state index in [9.17, 15) is 5.11 Å². The van der Waals surface area contributed by atoms with Gasteiger partial charge < -0.3 is 10.0 Å². The molecule has 1 N–H and O–H groups in total. The van der Waals surface area contributed by atoms with E-state index in [4.69, 9.17) is 0 Å². The van der Waals surface area contributed by atoms with Gasteiger partial charge in [0.05, 0.1) is 6.10 Å². The Bertz CT molecular complexity index is 103. The van der Waals surface area contributed by atoms with Crippen LogP contribution in [0.4, 0.5) is 0 Å². The Morgan fingerprint density at radius 2 is 2.00 bits per heavy atom. The monoisotopic (exact) mass is 143 g/mol. The quantitative estimate of drug-likeness (QED) is 0.588. The summed E-state index contributed by atoms with van der Waals surface area (Å²) in [6.07, 6.45) is 4.37. The number of aliphatic hydroxyl groups is 1. The standard InChI is InChI=1S/C8H17NO/c1-9(2)7-4-3-5-8(10)6-7/h7-8,10H,3-6H2,1-2H3. The van der Waals surface area contributed by atoms with Crippen LogP contribution in [0, 0.1) is 0 Å². The Morgan fingerprint density at radius 3 is 2.40 bits per heavy atom. The Morgan fingerprint density at radius 1 is 1.30 bits per heavy atom. The average molecular weight is 143 g/mol. The van der Waals surface area contributed by atoms with Gasteiger partial charge in [-0.3, -0.25) is 0 Å². The molecule has 0 amide bonds. The summed E-state index contributed by atoms with van der Waals surface area (Å²) in [7, 11) is 4.17. The highest BCUT2D eigenvalue weighted by Crippen LogP contribution is 2.20. The van der Waals surface area contributed by atoms with Crippen LogP contribution in [0.5, 0.6) is 0 Å². The van der Waals surface area contributed by atoms with Crippen molar-refractivity contribution in [1.29, 1.82) is 0 Å². The molecule has 1 aliphatic carbocycles. The summed E-state index contributed by atoms with van der Waals surface area (Å²) in [5.41, 5.74) is 0. The maximum Gasteiger partial charge on any atom is 0.0555 e. The predicted molar refractivity (Wildman–Crippen MR) is 41.9 cm³/mol. The highest BCUT2D eigenvalue weighted by Gasteiger charge is 2.20. The van der Waals surface area contributed by atoms with Crippen molar-refractivity contribution in [2.75, 3.05) is 14.1 Å². The molecule has 0 bridgehead atoms. The van der Waals surface area contributed by atoms with Crippen LogP contribution in [0.1, 0.15) is 25.7 Å². The van der Waals surface area contributed by atoms with E-state index in [0.29, 0.717) is 6.04 Å². The van der Waals surface area contributed by atoms with E-state index < -0.39 is 0 Å². The highest BCUT2D eigenvalue weighted by molar-refractivity contribution is 4.76. The fourth-order valence-electron chi connectivity index (χ4n) is 1.61. The molecule has 60 valence electrons. The minimum atomic E-state index is -0.0406. The molecule has 1 aliphatic rings. The lowest BCUT2D eigenvalue weighted by atomic mass is 9.92. The van der Waals surface area contributed by atoms with Gasteiger partial charge in [0.25, 0.3) is 0 Å². The molecule has 0 aromatic carbocycles. The molecule has 0 aliphatic heterocycles. The van der Waals surface area contributed by atoms with Gasteiger partial charge >= 0.3 is 0 Å². The zero-order valence-corrected chi connectivity index (χ0v) is 6.88. The molecule has 0 aromatic heterocycles. The van der Waals surface area contributed by atoms with E-state index in [1.807, 2.05) is 0 Å². The van der Waals surface area contributed by atoms with E-state index >= 15 is 0 Å². The molecule has 2 heteroatoms. The minimum Gasteiger partial charge on any atom is -0.393 e. The van der Waals surface area contributed by atoms with Gasteiger partial charge in [0.15, 0.2) is 0 Å². The fraction of sp³-hybridized carbons (Fsp3) is 1.00. The number of hydrogen-bond acceptors (Lipinski definition) is 2. The van der Waals surface area contributed by atoms with Crippen molar-refractivity contribution in [2.45, 2.75) is 37.8 Å². The van der Waals surface area contributed by atoms with Gasteiger partial charge in [-0.05, 0) is 39.8 Å². The van der Waals surface area contributed by atoms with Crippen molar-refractivity contribution in [1.82, 2.24) is 4.90 Å². The largest absolute Gasteiger partial charge is 0.393 e. The second kappa shape index (κ2) is 3.35. The lowest BCUT2D eigenvalue weighted by Crippen LogP contribution is -2.34. The molecule has 1 rings (SSSR count). The second-order valence-electron chi connectivity index (χ2n) is 3.44. The van der Waals surface area contributed by atoms with Gasteiger partial charge in [-0.15, -0.1) is 0 Å². The van der Waals surface area contributed by atoms with E-state index in [1.165, 1.54) is 12.8 Å². The molecule has 2 unspecified atom stereocenters. The van der Waals surface area contributed by atoms with Crippen LogP contribution in [0.3, 0.4) is 0 Å². The molecule has 0 radical (unpaired) electrons. The molecule has 1 saturated carbocycles. The van der Waals surface area contributed by atoms with Gasteiger partial charge in [0, 0.05) is 6.04 Å². The van der Waals surface area contributed by atoms with Crippen LogP contribution in [0.15, 0.2) is 0 Å². The van der Waals surface area contributed by atoms with Crippen LogP contribution < -0.4 is 0 Å². The summed E-state index contributed by atoms with van der Waals surface area (Å²) < 4.78 is 0. The second-order valence-corrected chi connectivity index (χ2v) is 3.44. The lowest BCUT2D eigenvalue weighted by molar-refractivity contribution is 0.0820. The van der Waals surface area contributed by atoms with Crippen LogP contribution >= 0.6 is 0 Å². The van der Waals surface area contributed by atoms with Crippen LogP contribution in [-0.4, -0.2) is 36.2 Å². The normalized spacial score (nSPS) is 34.8. The van der Waals surface area contributed by atoms with E-state index in [-0.39, 0.29) is 6.10 Å². The van der Waals surface area contributed by atoms with Crippen LogP contribution in [0.2, 0.25) is 0 Å². The SMILES string of the molecule is CN(C)C1CCCC(O)C1. The smallest absolute Gasteiger partial charge is 0.0555 e. The zero-order valence-electron chi connectivity index (χ0n) is 6.88. The topological polar surface area (TPSA) is 23.5 Å². The van der Waals surface area contributed by atoms with E-state index in [1.54, 1.807) is 0 Å². The number of nitrogens with zero attached hydrogens (tertiary/aromatic N) is 1. The Labute approximate surface area is 62.8 Å². The highest BCUT2D eigenvalue weighted by atomic mass is 16.3. The van der Waals surface area contributed by atoms with Crippen molar-refractivity contribution in [3.05, 3.63) is 0 Å². The minimum absolute atomic E-state index is 0.0406. The van der Waals surface area contributed by atoms with Crippen molar-refractivity contribution in [3.63, 3.8) is 0 Å². The summed E-state index contributed by atoms with van der Waals surface area (Å²) in [6.45, 7) is 0. The molecule has 0 heterocycles. The third kappa shape index (κ3) is 1.96. The molecule has 10 heavy (non-hydrogen) atoms. The first-order valence-corrected chi connectivity index (χ1v) is 4.04. The predicted octanol–water partition coefficient (Wildman–Crippen LogP) is 0.851. The average Bonchev–Trinajstić information content (AvgIpc) is 1.88. The van der Waals surface area contributed by atoms with Gasteiger partial charge in [0.1, 0.15) is 0 Å². The zero-order chi connectivity index (χ0) is 7.56. The van der Waals surface area contributed by atoms with Crippen molar-refractivity contribution < 1.29 is 5.11 Å². The Balaban J connectivity index is 2.32. The summed E-state index contributed by atoms with van der Waals surface area (Å²) in [6, 6.07) is 0.615. The van der Waals surface area contributed by atoms with Crippen LogP contribution in [0.25, 0.3) is 0 Å². The molecule has 0 aromatic rings. The fourth-order valence-corrected chi connectivity index (χ4v) is 1.61. The molecule has 2 atom stereocenters. The number of aliphatic hydroxyl groups excluding tert-OH is 1. The molecule has 1 fully saturated rings. The van der Waals surface area contributed by atoms with E-state index in [2.05, 4.69) is 19.0 Å². The van der Waals surface area contributed by atoms with Gasteiger partial charge in [0.2, 0.25) is 0 Å². The van der Waals surface area contributed by atoms with Gasteiger partial charge in [-0.2, -0.15) is 0 Å². The number of hydrogen-bond donors (Lipinski definition) is 1. The summed E-state index contributed by atoms with van der Waals surface area (Å²) in [5.74, 6) is 0. The third-order valence-electron chi connectivity index (χ3n) is 2.35. The Hall–Kier alpha value is -0.0800. The maximum atomic E-state index is 9.30. The summed E-state index contributed by atoms with van der Waals surface area (Å²) in [4.78, 5) is 2.21. The third-order valence-corrected chi connectivity index (χ3v) is 2.35. The van der Waals surface area contributed by atoms with Crippen molar-refractivity contribution in [3.8, 4) is 0 Å². The first-order chi connectivity index (χ1) is 4.70. The summed E-state index contributed by atoms with van der Waals surface area (Å²) in [5, 5.41) is 9.30. The first-order valence-electron chi connectivity index (χ1n) is 4.04. The molecule has 0 spiro atoms. The number of rotatable bonds is 1. The maximum absolute atomic E-state index is 9.30. The van der Waals surface area contributed by atoms with Gasteiger partial charge in [-0.1, -0.05) is 0 Å².